The third-order valence-electron chi connectivity index (χ3n) is 7.72. The number of amides is 1. The van der Waals surface area contributed by atoms with Gasteiger partial charge in [0.2, 0.25) is 5.89 Å². The van der Waals surface area contributed by atoms with Crippen LogP contribution in [-0.4, -0.2) is 40.8 Å². The van der Waals surface area contributed by atoms with Gasteiger partial charge in [0.05, 0.1) is 22.8 Å². The van der Waals surface area contributed by atoms with E-state index in [0.717, 1.165) is 70.7 Å². The third kappa shape index (κ3) is 4.57. The zero-order valence-corrected chi connectivity index (χ0v) is 23.8. The Labute approximate surface area is 232 Å². The van der Waals surface area contributed by atoms with E-state index in [9.17, 15) is 4.79 Å². The van der Waals surface area contributed by atoms with E-state index in [1.165, 1.54) is 5.56 Å². The maximum absolute atomic E-state index is 13.0. The molecule has 40 heavy (non-hydrogen) atoms. The number of pyridine rings is 1. The molecule has 2 N–H and O–H groups in total. The van der Waals surface area contributed by atoms with Gasteiger partial charge in [-0.25, -0.2) is 9.97 Å². The summed E-state index contributed by atoms with van der Waals surface area (Å²) in [5.74, 6) is 0.877. The number of benzene rings is 1. The first-order chi connectivity index (χ1) is 19.1. The Balaban J connectivity index is 1.32. The van der Waals surface area contributed by atoms with Gasteiger partial charge < -0.3 is 14.7 Å². The molecule has 10 heteroatoms. The van der Waals surface area contributed by atoms with Crippen molar-refractivity contribution in [2.75, 3.05) is 0 Å². The molecule has 4 aromatic heterocycles. The number of rotatable bonds is 4. The number of carbonyl (C=O) groups excluding carboxylic acids is 1. The summed E-state index contributed by atoms with van der Waals surface area (Å²) in [7, 11) is 1.94. The fourth-order valence-corrected chi connectivity index (χ4v) is 5.52. The van der Waals surface area contributed by atoms with Gasteiger partial charge in [0.1, 0.15) is 5.82 Å². The van der Waals surface area contributed by atoms with Crippen LogP contribution in [0.5, 0.6) is 0 Å². The highest BCUT2D eigenvalue weighted by molar-refractivity contribution is 5.92. The number of hydrogen-bond acceptors (Lipinski definition) is 7. The first kappa shape index (κ1) is 25.9. The lowest BCUT2D eigenvalue weighted by Gasteiger charge is -2.19. The highest BCUT2D eigenvalue weighted by Crippen LogP contribution is 2.35. The minimum atomic E-state index is -0.341. The van der Waals surface area contributed by atoms with E-state index in [-0.39, 0.29) is 23.3 Å². The van der Waals surface area contributed by atoms with Crippen molar-refractivity contribution < 1.29 is 9.21 Å². The van der Waals surface area contributed by atoms with E-state index in [2.05, 4.69) is 48.8 Å². The van der Waals surface area contributed by atoms with Crippen molar-refractivity contribution in [3.8, 4) is 22.5 Å². The summed E-state index contributed by atoms with van der Waals surface area (Å²) in [6.07, 6.45) is 5.67. The van der Waals surface area contributed by atoms with Crippen LogP contribution in [0, 0.1) is 13.8 Å². The molecule has 1 aromatic carbocycles. The molecule has 0 saturated heterocycles. The Morgan fingerprint density at radius 1 is 1.15 bits per heavy atom. The summed E-state index contributed by atoms with van der Waals surface area (Å²) in [6, 6.07) is 8.38. The number of aromatic amines is 1. The van der Waals surface area contributed by atoms with Crippen LogP contribution in [0.25, 0.3) is 33.7 Å². The molecule has 10 nitrogen and oxygen atoms in total. The molecule has 5 aromatic rings. The predicted molar refractivity (Wildman–Crippen MR) is 152 cm³/mol. The van der Waals surface area contributed by atoms with Gasteiger partial charge in [0, 0.05) is 29.9 Å². The number of aryl methyl sites for hydroxylation is 3. The molecule has 0 saturated carbocycles. The summed E-state index contributed by atoms with van der Waals surface area (Å²) in [6.45, 7) is 9.96. The highest BCUT2D eigenvalue weighted by Gasteiger charge is 2.27. The maximum Gasteiger partial charge on any atom is 0.309 e. The largest absolute Gasteiger partial charge is 0.416 e. The Hall–Kier alpha value is -4.34. The first-order valence-corrected chi connectivity index (χ1v) is 13.7. The summed E-state index contributed by atoms with van der Waals surface area (Å²) < 4.78 is 7.55. The van der Waals surface area contributed by atoms with E-state index >= 15 is 0 Å². The van der Waals surface area contributed by atoms with Crippen LogP contribution in [0.4, 0.5) is 0 Å². The van der Waals surface area contributed by atoms with Crippen molar-refractivity contribution in [2.24, 2.45) is 7.05 Å². The standard InChI is InChI=1S/C30H34N8O2/c1-16-23(17(2)38(6)37-16)25-33-24-21(13-14-31-26(24)34-25)19-11-12-20-18(15-19)9-7-8-10-22(20)32-27(39)28-35-36-29(40-28)30(3,4)5/h11-15,22H,7-10H2,1-6H3,(H,32,39)(H,31,33,34)/t22-/m1/s1. The minimum absolute atomic E-state index is 0.000610. The van der Waals surface area contributed by atoms with Gasteiger partial charge in [-0.1, -0.05) is 45.4 Å². The van der Waals surface area contributed by atoms with Crippen LogP contribution in [0.3, 0.4) is 0 Å². The zero-order chi connectivity index (χ0) is 28.2. The number of nitrogens with zero attached hydrogens (tertiary/aromatic N) is 6. The van der Waals surface area contributed by atoms with E-state index in [4.69, 9.17) is 9.40 Å². The summed E-state index contributed by atoms with van der Waals surface area (Å²) in [5, 5.41) is 15.8. The average molecular weight is 539 g/mol. The molecule has 4 heterocycles. The van der Waals surface area contributed by atoms with Gasteiger partial charge in [-0.2, -0.15) is 5.10 Å². The summed E-state index contributed by atoms with van der Waals surface area (Å²) >= 11 is 0. The van der Waals surface area contributed by atoms with E-state index < -0.39 is 0 Å². The van der Waals surface area contributed by atoms with Gasteiger partial charge in [-0.3, -0.25) is 9.48 Å². The molecule has 0 aliphatic heterocycles. The lowest BCUT2D eigenvalue weighted by Crippen LogP contribution is -2.29. The van der Waals surface area contributed by atoms with Crippen LogP contribution in [0.1, 0.15) is 85.2 Å². The number of carbonyl (C=O) groups is 1. The molecule has 0 fully saturated rings. The minimum Gasteiger partial charge on any atom is -0.416 e. The Kier molecular flexibility index (Phi) is 6.28. The number of hydrogen-bond donors (Lipinski definition) is 2. The van der Waals surface area contributed by atoms with Crippen LogP contribution in [0.15, 0.2) is 34.9 Å². The molecule has 0 bridgehead atoms. The molecule has 1 amide bonds. The van der Waals surface area contributed by atoms with Crippen LogP contribution in [-0.2, 0) is 18.9 Å². The molecule has 0 radical (unpaired) electrons. The second kappa shape index (κ2) is 9.69. The van der Waals surface area contributed by atoms with Crippen LogP contribution < -0.4 is 5.32 Å². The number of nitrogens with one attached hydrogen (secondary N) is 2. The smallest absolute Gasteiger partial charge is 0.309 e. The number of H-pyrrole nitrogens is 1. The topological polar surface area (TPSA) is 127 Å². The van der Waals surface area contributed by atoms with Gasteiger partial charge in [0.25, 0.3) is 0 Å². The summed E-state index contributed by atoms with van der Waals surface area (Å²) in [4.78, 5) is 25.9. The molecule has 1 aliphatic carbocycles. The first-order valence-electron chi connectivity index (χ1n) is 13.7. The van der Waals surface area contributed by atoms with E-state index in [1.54, 1.807) is 6.20 Å². The van der Waals surface area contributed by atoms with Gasteiger partial charge in [0.15, 0.2) is 5.65 Å². The number of fused-ring (bicyclic) bond motifs is 2. The molecule has 206 valence electrons. The molecule has 1 atom stereocenters. The third-order valence-corrected chi connectivity index (χ3v) is 7.72. The quantitative estimate of drug-likeness (QED) is 0.288. The van der Waals surface area contributed by atoms with E-state index in [1.807, 2.05) is 52.4 Å². The highest BCUT2D eigenvalue weighted by atomic mass is 16.4. The monoisotopic (exact) mass is 538 g/mol. The van der Waals surface area contributed by atoms with Crippen molar-refractivity contribution in [3.63, 3.8) is 0 Å². The van der Waals surface area contributed by atoms with E-state index in [0.29, 0.717) is 11.5 Å². The van der Waals surface area contributed by atoms with Crippen molar-refractivity contribution in [2.45, 2.75) is 71.8 Å². The SMILES string of the molecule is Cc1nn(C)c(C)c1-c1nc2nccc(-c3ccc4c(c3)CCCC[C@H]4NC(=O)c3nnc(C(C)(C)C)o3)c2[nH]1. The predicted octanol–water partition coefficient (Wildman–Crippen LogP) is 5.52. The van der Waals surface area contributed by atoms with Gasteiger partial charge in [-0.05, 0) is 55.9 Å². The molecule has 6 rings (SSSR count). The molecular weight excluding hydrogens is 504 g/mol. The fraction of sp³-hybridized carbons (Fsp3) is 0.400. The van der Waals surface area contributed by atoms with Crippen LogP contribution >= 0.6 is 0 Å². The lowest BCUT2D eigenvalue weighted by molar-refractivity contribution is 0.0896. The van der Waals surface area contributed by atoms with Gasteiger partial charge in [-0.15, -0.1) is 10.2 Å². The Bertz CT molecular complexity index is 1740. The number of aromatic nitrogens is 7. The van der Waals surface area contributed by atoms with Crippen molar-refractivity contribution in [3.05, 3.63) is 64.8 Å². The van der Waals surface area contributed by atoms with Crippen LogP contribution in [0.2, 0.25) is 0 Å². The fourth-order valence-electron chi connectivity index (χ4n) is 5.52. The van der Waals surface area contributed by atoms with Crippen molar-refractivity contribution in [1.29, 1.82) is 0 Å². The second-order valence-electron chi connectivity index (χ2n) is 11.7. The van der Waals surface area contributed by atoms with Gasteiger partial charge >= 0.3 is 11.8 Å². The Morgan fingerprint density at radius 3 is 2.70 bits per heavy atom. The second-order valence-corrected chi connectivity index (χ2v) is 11.7. The summed E-state index contributed by atoms with van der Waals surface area (Å²) in [5.41, 5.74) is 8.69. The maximum atomic E-state index is 13.0. The number of imidazole rings is 1. The van der Waals surface area contributed by atoms with Crippen molar-refractivity contribution >= 4 is 17.1 Å². The molecule has 1 aliphatic rings. The zero-order valence-electron chi connectivity index (χ0n) is 23.8. The lowest BCUT2D eigenvalue weighted by atomic mass is 9.94. The molecule has 0 spiro atoms. The molecule has 0 unspecified atom stereocenters. The molecular formula is C30H34N8O2. The average Bonchev–Trinajstić information content (AvgIpc) is 3.59. The Morgan fingerprint density at radius 2 is 1.98 bits per heavy atom. The van der Waals surface area contributed by atoms with Crippen molar-refractivity contribution in [1.82, 2.24) is 40.2 Å². The normalized spacial score (nSPS) is 15.7.